The Morgan fingerprint density at radius 2 is 2.12 bits per heavy atom. The predicted molar refractivity (Wildman–Crippen MR) is 62.7 cm³/mol. The normalized spacial score (nSPS) is 10.6. The molecule has 0 unspecified atom stereocenters. The van der Waals surface area contributed by atoms with E-state index in [1.807, 2.05) is 12.1 Å². The summed E-state index contributed by atoms with van der Waals surface area (Å²) < 4.78 is 5.07. The average Bonchev–Trinajstić information content (AvgIpc) is 2.70. The smallest absolute Gasteiger partial charge is 0.227 e. The molecule has 0 saturated carbocycles. The van der Waals surface area contributed by atoms with Gasteiger partial charge in [0, 0.05) is 18.7 Å². The van der Waals surface area contributed by atoms with Crippen LogP contribution in [0.5, 0.6) is 0 Å². The van der Waals surface area contributed by atoms with Gasteiger partial charge in [-0.25, -0.2) is 0 Å². The van der Waals surface area contributed by atoms with Gasteiger partial charge in [-0.2, -0.15) is 4.98 Å². The highest BCUT2D eigenvalue weighted by molar-refractivity contribution is 6.17. The van der Waals surface area contributed by atoms with E-state index in [1.165, 1.54) is 11.1 Å². The highest BCUT2D eigenvalue weighted by Gasteiger charge is 2.07. The molecule has 0 aliphatic carbocycles. The quantitative estimate of drug-likeness (QED) is 0.767. The van der Waals surface area contributed by atoms with Gasteiger partial charge in [-0.15, -0.1) is 11.6 Å². The van der Waals surface area contributed by atoms with Crippen molar-refractivity contribution in [3.63, 3.8) is 0 Å². The van der Waals surface area contributed by atoms with Crippen molar-refractivity contribution in [2.75, 3.05) is 5.88 Å². The summed E-state index contributed by atoms with van der Waals surface area (Å²) in [5, 5.41) is 3.93. The van der Waals surface area contributed by atoms with Crippen LogP contribution in [0.4, 0.5) is 0 Å². The minimum Gasteiger partial charge on any atom is -0.339 e. The zero-order chi connectivity index (χ0) is 11.4. The third-order valence-corrected chi connectivity index (χ3v) is 2.62. The van der Waals surface area contributed by atoms with E-state index in [1.54, 1.807) is 0 Å². The second kappa shape index (κ2) is 5.12. The van der Waals surface area contributed by atoms with Gasteiger partial charge in [-0.1, -0.05) is 29.4 Å². The third kappa shape index (κ3) is 2.61. The van der Waals surface area contributed by atoms with Crippen molar-refractivity contribution in [3.8, 4) is 0 Å². The number of nitrogens with zero attached hydrogens (tertiary/aromatic N) is 2. The molecular weight excluding hydrogens is 224 g/mol. The van der Waals surface area contributed by atoms with Crippen molar-refractivity contribution in [2.45, 2.75) is 19.8 Å². The van der Waals surface area contributed by atoms with Crippen LogP contribution in [-0.4, -0.2) is 16.0 Å². The fourth-order valence-corrected chi connectivity index (χ4v) is 1.68. The highest BCUT2D eigenvalue weighted by Crippen LogP contribution is 2.11. The van der Waals surface area contributed by atoms with Crippen LogP contribution in [0.3, 0.4) is 0 Å². The van der Waals surface area contributed by atoms with Crippen molar-refractivity contribution in [1.29, 1.82) is 0 Å². The zero-order valence-corrected chi connectivity index (χ0v) is 9.87. The summed E-state index contributed by atoms with van der Waals surface area (Å²) in [6, 6.07) is 8.19. The van der Waals surface area contributed by atoms with Gasteiger partial charge < -0.3 is 4.52 Å². The Kier molecular flexibility index (Phi) is 3.57. The first-order chi connectivity index (χ1) is 7.79. The van der Waals surface area contributed by atoms with Crippen molar-refractivity contribution in [1.82, 2.24) is 10.1 Å². The maximum Gasteiger partial charge on any atom is 0.227 e. The summed E-state index contributed by atoms with van der Waals surface area (Å²) in [6.45, 7) is 2.08. The molecule has 1 aromatic heterocycles. The first-order valence-corrected chi connectivity index (χ1v) is 5.75. The average molecular weight is 237 g/mol. The second-order valence-electron chi connectivity index (χ2n) is 3.65. The van der Waals surface area contributed by atoms with Gasteiger partial charge in [0.25, 0.3) is 0 Å². The molecular formula is C12H13ClN2O. The number of halogens is 1. The van der Waals surface area contributed by atoms with Gasteiger partial charge >= 0.3 is 0 Å². The van der Waals surface area contributed by atoms with E-state index >= 15 is 0 Å². The Morgan fingerprint density at radius 1 is 1.31 bits per heavy atom. The van der Waals surface area contributed by atoms with Crippen molar-refractivity contribution >= 4 is 11.6 Å². The van der Waals surface area contributed by atoms with Crippen LogP contribution in [0.15, 0.2) is 28.8 Å². The number of hydrogen-bond donors (Lipinski definition) is 0. The van der Waals surface area contributed by atoms with Gasteiger partial charge in [-0.05, 0) is 18.1 Å². The molecule has 16 heavy (non-hydrogen) atoms. The number of hydrogen-bond acceptors (Lipinski definition) is 3. The van der Waals surface area contributed by atoms with Crippen LogP contribution in [-0.2, 0) is 12.8 Å². The summed E-state index contributed by atoms with van der Waals surface area (Å²) in [6.07, 6.45) is 1.33. The minimum absolute atomic E-state index is 0.506. The van der Waals surface area contributed by atoms with E-state index in [9.17, 15) is 0 Å². The molecule has 0 aliphatic rings. The van der Waals surface area contributed by atoms with Gasteiger partial charge in [0.05, 0.1) is 0 Å². The lowest BCUT2D eigenvalue weighted by Gasteiger charge is -2.00. The van der Waals surface area contributed by atoms with E-state index in [4.69, 9.17) is 16.1 Å². The SMILES string of the molecule is Cc1ccccc1Cc1noc(CCCl)n1. The summed E-state index contributed by atoms with van der Waals surface area (Å²) in [5.74, 6) is 1.83. The lowest BCUT2D eigenvalue weighted by Crippen LogP contribution is -1.94. The highest BCUT2D eigenvalue weighted by atomic mass is 35.5. The van der Waals surface area contributed by atoms with Crippen LogP contribution in [0.2, 0.25) is 0 Å². The molecule has 3 nitrogen and oxygen atoms in total. The molecule has 2 rings (SSSR count). The molecule has 0 N–H and O–H groups in total. The predicted octanol–water partition coefficient (Wildman–Crippen LogP) is 2.75. The maximum atomic E-state index is 5.60. The number of benzene rings is 1. The summed E-state index contributed by atoms with van der Waals surface area (Å²) in [5.41, 5.74) is 2.46. The molecule has 1 heterocycles. The lowest BCUT2D eigenvalue weighted by molar-refractivity contribution is 0.378. The van der Waals surface area contributed by atoms with Gasteiger partial charge in [0.1, 0.15) is 0 Å². The molecule has 0 amide bonds. The van der Waals surface area contributed by atoms with E-state index < -0.39 is 0 Å². The lowest BCUT2D eigenvalue weighted by atomic mass is 10.1. The molecule has 84 valence electrons. The molecule has 0 radical (unpaired) electrons. The van der Waals surface area contributed by atoms with E-state index in [2.05, 4.69) is 29.2 Å². The molecule has 0 aliphatic heterocycles. The molecule has 0 spiro atoms. The minimum atomic E-state index is 0.506. The molecule has 0 bridgehead atoms. The monoisotopic (exact) mass is 236 g/mol. The van der Waals surface area contributed by atoms with Crippen LogP contribution in [0, 0.1) is 6.92 Å². The Bertz CT molecular complexity index is 468. The largest absolute Gasteiger partial charge is 0.339 e. The second-order valence-corrected chi connectivity index (χ2v) is 4.02. The summed E-state index contributed by atoms with van der Waals surface area (Å²) in [4.78, 5) is 4.27. The Hall–Kier alpha value is -1.35. The number of rotatable bonds is 4. The Labute approximate surface area is 99.4 Å². The molecule has 0 fully saturated rings. The first kappa shape index (κ1) is 11.1. The maximum absolute atomic E-state index is 5.60. The van der Waals surface area contributed by atoms with Crippen LogP contribution in [0.1, 0.15) is 22.8 Å². The summed E-state index contributed by atoms with van der Waals surface area (Å²) in [7, 11) is 0. The standard InChI is InChI=1S/C12H13ClN2O/c1-9-4-2-3-5-10(9)8-11-14-12(6-7-13)16-15-11/h2-5H,6-8H2,1H3. The number of aryl methyl sites for hydroxylation is 2. The van der Waals surface area contributed by atoms with Gasteiger partial charge in [-0.3, -0.25) is 0 Å². The number of alkyl halides is 1. The fourth-order valence-electron chi connectivity index (χ4n) is 1.52. The van der Waals surface area contributed by atoms with E-state index in [0.717, 1.165) is 5.82 Å². The Morgan fingerprint density at radius 3 is 2.88 bits per heavy atom. The molecule has 4 heteroatoms. The molecule has 1 aromatic carbocycles. The van der Waals surface area contributed by atoms with Gasteiger partial charge in [0.15, 0.2) is 5.82 Å². The van der Waals surface area contributed by atoms with Gasteiger partial charge in [0.2, 0.25) is 5.89 Å². The molecule has 0 saturated heterocycles. The van der Waals surface area contributed by atoms with Crippen molar-refractivity contribution < 1.29 is 4.52 Å². The zero-order valence-electron chi connectivity index (χ0n) is 9.11. The Balaban J connectivity index is 2.11. The van der Waals surface area contributed by atoms with E-state index in [0.29, 0.717) is 24.6 Å². The van der Waals surface area contributed by atoms with Crippen LogP contribution < -0.4 is 0 Å². The summed E-state index contributed by atoms with van der Waals surface area (Å²) >= 11 is 5.60. The van der Waals surface area contributed by atoms with Crippen LogP contribution in [0.25, 0.3) is 0 Å². The van der Waals surface area contributed by atoms with Crippen LogP contribution >= 0.6 is 11.6 Å². The fraction of sp³-hybridized carbons (Fsp3) is 0.333. The topological polar surface area (TPSA) is 38.9 Å². The third-order valence-electron chi connectivity index (χ3n) is 2.43. The van der Waals surface area contributed by atoms with Crippen molar-refractivity contribution in [3.05, 3.63) is 47.1 Å². The van der Waals surface area contributed by atoms with Crippen molar-refractivity contribution in [2.24, 2.45) is 0 Å². The van der Waals surface area contributed by atoms with E-state index in [-0.39, 0.29) is 0 Å². The number of aromatic nitrogens is 2. The molecule has 0 atom stereocenters. The molecule has 2 aromatic rings. The first-order valence-electron chi connectivity index (χ1n) is 5.21.